The average Bonchev–Trinajstić information content (AvgIpc) is 3.32. The maximum absolute atomic E-state index is 2.47. The Labute approximate surface area is 368 Å². The maximum atomic E-state index is 2.47. The van der Waals surface area contributed by atoms with Crippen molar-refractivity contribution in [2.45, 2.75) is 66.2 Å². The summed E-state index contributed by atoms with van der Waals surface area (Å²) in [5.41, 5.74) is 17.5. The lowest BCUT2D eigenvalue weighted by Gasteiger charge is -2.28. The fourth-order valence-electron chi connectivity index (χ4n) is 9.45. The SMILES string of the molecule is CCCCc1cccc(-c2c3ccc(N(c4ccccc4)c4ccccc4)cc3c(-c3cccc(CCCC)c3C)c3ccc(N(c4ccccc4)c4ccccc4)cc23)c1C. The third-order valence-electron chi connectivity index (χ3n) is 12.7. The summed E-state index contributed by atoms with van der Waals surface area (Å²) >= 11 is 0. The van der Waals surface area contributed by atoms with Crippen molar-refractivity contribution in [3.63, 3.8) is 0 Å². The number of nitrogens with zero attached hydrogens (tertiary/aromatic N) is 2. The van der Waals surface area contributed by atoms with Crippen LogP contribution in [0.1, 0.15) is 61.8 Å². The number of benzene rings is 9. The minimum atomic E-state index is 1.07. The van der Waals surface area contributed by atoms with E-state index in [9.17, 15) is 0 Å². The molecule has 9 rings (SSSR count). The molecule has 0 N–H and O–H groups in total. The second kappa shape index (κ2) is 18.4. The number of unbranched alkanes of at least 4 members (excludes halogenated alkanes) is 2. The Morgan fingerprint density at radius 2 is 0.661 bits per heavy atom. The zero-order chi connectivity index (χ0) is 42.4. The van der Waals surface area contributed by atoms with Crippen LogP contribution in [0.15, 0.2) is 194 Å². The molecule has 62 heavy (non-hydrogen) atoms. The Hall–Kier alpha value is -6.90. The monoisotopic (exact) mass is 804 g/mol. The van der Waals surface area contributed by atoms with E-state index < -0.39 is 0 Å². The molecule has 0 spiro atoms. The Morgan fingerprint density at radius 1 is 0.323 bits per heavy atom. The van der Waals surface area contributed by atoms with E-state index in [1.807, 2.05) is 0 Å². The van der Waals surface area contributed by atoms with Crippen molar-refractivity contribution in [3.05, 3.63) is 216 Å². The summed E-state index contributed by atoms with van der Waals surface area (Å²) in [4.78, 5) is 4.80. The number of aryl methyl sites for hydroxylation is 2. The van der Waals surface area contributed by atoms with Crippen molar-refractivity contribution < 1.29 is 0 Å². The van der Waals surface area contributed by atoms with Crippen LogP contribution in [0.3, 0.4) is 0 Å². The molecule has 0 bridgehead atoms. The van der Waals surface area contributed by atoms with E-state index in [0.29, 0.717) is 0 Å². The van der Waals surface area contributed by atoms with Gasteiger partial charge in [-0.25, -0.2) is 0 Å². The second-order valence-corrected chi connectivity index (χ2v) is 16.6. The molecule has 9 aromatic carbocycles. The minimum absolute atomic E-state index is 1.07. The first-order chi connectivity index (χ1) is 30.6. The normalized spacial score (nSPS) is 11.3. The minimum Gasteiger partial charge on any atom is -0.310 e. The Balaban J connectivity index is 1.42. The molecule has 0 fully saturated rings. The van der Waals surface area contributed by atoms with Crippen LogP contribution in [0.5, 0.6) is 0 Å². The van der Waals surface area contributed by atoms with Gasteiger partial charge >= 0.3 is 0 Å². The first-order valence-electron chi connectivity index (χ1n) is 22.6. The van der Waals surface area contributed by atoms with E-state index in [0.717, 1.165) is 47.0 Å². The molecule has 0 radical (unpaired) electrons. The Kier molecular flexibility index (Phi) is 12.0. The fourth-order valence-corrected chi connectivity index (χ4v) is 9.45. The highest BCUT2D eigenvalue weighted by Crippen LogP contribution is 2.49. The van der Waals surface area contributed by atoms with E-state index in [-0.39, 0.29) is 0 Å². The molecule has 9 aromatic rings. The lowest BCUT2D eigenvalue weighted by Crippen LogP contribution is -2.10. The summed E-state index contributed by atoms with van der Waals surface area (Å²) in [7, 11) is 0. The number of rotatable bonds is 14. The van der Waals surface area contributed by atoms with E-state index in [1.165, 1.54) is 91.7 Å². The van der Waals surface area contributed by atoms with Crippen LogP contribution < -0.4 is 9.80 Å². The molecule has 0 unspecified atom stereocenters. The number of fused-ring (bicyclic) bond motifs is 2. The topological polar surface area (TPSA) is 6.48 Å². The molecule has 0 saturated carbocycles. The number of anilines is 6. The van der Waals surface area contributed by atoms with Crippen LogP contribution in [0.4, 0.5) is 34.1 Å². The zero-order valence-corrected chi connectivity index (χ0v) is 36.6. The predicted octanol–water partition coefficient (Wildman–Crippen LogP) is 17.6. The number of hydrogen-bond acceptors (Lipinski definition) is 2. The molecular weight excluding hydrogens is 749 g/mol. The molecule has 2 heteroatoms. The van der Waals surface area contributed by atoms with Crippen molar-refractivity contribution in [1.82, 2.24) is 0 Å². The van der Waals surface area contributed by atoms with Crippen LogP contribution in [0.25, 0.3) is 43.8 Å². The molecular formula is C60H56N2. The number of hydrogen-bond donors (Lipinski definition) is 0. The fraction of sp³-hybridized carbons (Fsp3) is 0.167. The van der Waals surface area contributed by atoms with Gasteiger partial charge in [0.15, 0.2) is 0 Å². The van der Waals surface area contributed by atoms with Crippen LogP contribution in [0, 0.1) is 13.8 Å². The van der Waals surface area contributed by atoms with Crippen LogP contribution >= 0.6 is 0 Å². The highest BCUT2D eigenvalue weighted by molar-refractivity contribution is 6.23. The molecule has 0 saturated heterocycles. The van der Waals surface area contributed by atoms with Gasteiger partial charge in [0.2, 0.25) is 0 Å². The zero-order valence-electron chi connectivity index (χ0n) is 36.6. The van der Waals surface area contributed by atoms with Gasteiger partial charge in [-0.3, -0.25) is 0 Å². The third kappa shape index (κ3) is 7.90. The van der Waals surface area contributed by atoms with Gasteiger partial charge in [0.1, 0.15) is 0 Å². The van der Waals surface area contributed by atoms with Gasteiger partial charge in [0, 0.05) is 34.1 Å². The number of para-hydroxylation sites is 4. The van der Waals surface area contributed by atoms with E-state index in [1.54, 1.807) is 0 Å². The molecule has 0 atom stereocenters. The quantitative estimate of drug-likeness (QED) is 0.101. The first kappa shape index (κ1) is 40.5. The molecule has 306 valence electrons. The summed E-state index contributed by atoms with van der Waals surface area (Å²) in [6, 6.07) is 71.6. The summed E-state index contributed by atoms with van der Waals surface area (Å²) in [5, 5.41) is 5.03. The van der Waals surface area contributed by atoms with Gasteiger partial charge in [-0.05, 0) is 178 Å². The van der Waals surface area contributed by atoms with Gasteiger partial charge in [-0.15, -0.1) is 0 Å². The van der Waals surface area contributed by atoms with E-state index >= 15 is 0 Å². The lowest BCUT2D eigenvalue weighted by atomic mass is 9.82. The lowest BCUT2D eigenvalue weighted by molar-refractivity contribution is 0.791. The third-order valence-corrected chi connectivity index (χ3v) is 12.7. The van der Waals surface area contributed by atoms with Gasteiger partial charge in [-0.2, -0.15) is 0 Å². The average molecular weight is 805 g/mol. The smallest absolute Gasteiger partial charge is 0.0468 e. The summed E-state index contributed by atoms with van der Waals surface area (Å²) < 4.78 is 0. The summed E-state index contributed by atoms with van der Waals surface area (Å²) in [5.74, 6) is 0. The van der Waals surface area contributed by atoms with Crippen molar-refractivity contribution in [3.8, 4) is 22.3 Å². The molecule has 0 aliphatic carbocycles. The Bertz CT molecular complexity index is 2650. The standard InChI is InChI=1S/C60H56N2/c1-5-7-23-45-25-21-35-53(43(45)3)59-55-39-37-52(62(49-31-17-11-18-32-49)50-33-19-12-20-34-50)42-58(55)60(54-36-22-26-46(44(54)4)24-8-6-2)56-40-38-51(41-57(56)59)61(47-27-13-9-14-28-47)48-29-15-10-16-30-48/h9-22,25-42H,5-8,23-24H2,1-4H3. The molecule has 0 aliphatic rings. The molecule has 0 heterocycles. The largest absolute Gasteiger partial charge is 0.310 e. The molecule has 0 amide bonds. The van der Waals surface area contributed by atoms with Crippen molar-refractivity contribution in [1.29, 1.82) is 0 Å². The molecule has 0 aromatic heterocycles. The van der Waals surface area contributed by atoms with Gasteiger partial charge < -0.3 is 9.80 Å². The summed E-state index contributed by atoms with van der Waals surface area (Å²) in [6.07, 6.45) is 6.82. The van der Waals surface area contributed by atoms with Crippen molar-refractivity contribution in [2.24, 2.45) is 0 Å². The van der Waals surface area contributed by atoms with Gasteiger partial charge in [0.25, 0.3) is 0 Å². The van der Waals surface area contributed by atoms with Crippen LogP contribution in [0.2, 0.25) is 0 Å². The van der Waals surface area contributed by atoms with E-state index in [2.05, 4.69) is 232 Å². The highest BCUT2D eigenvalue weighted by Gasteiger charge is 2.24. The maximum Gasteiger partial charge on any atom is 0.0468 e. The first-order valence-corrected chi connectivity index (χ1v) is 22.6. The van der Waals surface area contributed by atoms with Crippen molar-refractivity contribution in [2.75, 3.05) is 9.80 Å². The predicted molar refractivity (Wildman–Crippen MR) is 268 cm³/mol. The van der Waals surface area contributed by atoms with Crippen LogP contribution in [-0.4, -0.2) is 0 Å². The molecule has 0 aliphatic heterocycles. The van der Waals surface area contributed by atoms with Crippen LogP contribution in [-0.2, 0) is 12.8 Å². The van der Waals surface area contributed by atoms with Gasteiger partial charge in [-0.1, -0.05) is 148 Å². The van der Waals surface area contributed by atoms with Crippen molar-refractivity contribution >= 4 is 55.7 Å². The highest BCUT2D eigenvalue weighted by atomic mass is 15.1. The van der Waals surface area contributed by atoms with E-state index in [4.69, 9.17) is 0 Å². The van der Waals surface area contributed by atoms with Gasteiger partial charge in [0.05, 0.1) is 0 Å². The Morgan fingerprint density at radius 3 is 0.984 bits per heavy atom. The second-order valence-electron chi connectivity index (χ2n) is 16.6. The molecule has 2 nitrogen and oxygen atoms in total. The summed E-state index contributed by atoms with van der Waals surface area (Å²) in [6.45, 7) is 9.27.